The number of carbonyl (C=O) groups excluding carboxylic acids is 2. The van der Waals surface area contributed by atoms with Gasteiger partial charge in [-0.1, -0.05) is 58.5 Å². The minimum Gasteiger partial charge on any atom is -0.486 e. The zero-order valence-electron chi connectivity index (χ0n) is 27.2. The van der Waals surface area contributed by atoms with Crippen molar-refractivity contribution in [2.75, 3.05) is 13.1 Å². The summed E-state index contributed by atoms with van der Waals surface area (Å²) in [6, 6.07) is 9.88. The first-order valence-electron chi connectivity index (χ1n) is 15.1. The largest absolute Gasteiger partial charge is 0.486 e. The first-order chi connectivity index (χ1) is 24.1. The molecule has 1 aliphatic heterocycles. The third-order valence-electron chi connectivity index (χ3n) is 7.81. The number of aryl methyl sites for hydroxylation is 2. The Balaban J connectivity index is 0.000000238. The van der Waals surface area contributed by atoms with E-state index in [1.54, 1.807) is 53.8 Å². The maximum absolute atomic E-state index is 13.1. The Kier molecular flexibility index (Phi) is 13.3. The highest BCUT2D eigenvalue weighted by molar-refractivity contribution is 6.42. The van der Waals surface area contributed by atoms with Crippen LogP contribution in [0.1, 0.15) is 65.7 Å². The van der Waals surface area contributed by atoms with Crippen molar-refractivity contribution in [2.24, 2.45) is 19.8 Å². The molecular formula is C33H33Cl4N5O9. The number of rotatable bonds is 10. The molecule has 2 aromatic carbocycles. The summed E-state index contributed by atoms with van der Waals surface area (Å²) < 4.78 is 14.0. The minimum absolute atomic E-state index is 0.0402. The topological polar surface area (TPSA) is 199 Å². The molecule has 0 aliphatic carbocycles. The van der Waals surface area contributed by atoms with E-state index in [-0.39, 0.29) is 59.2 Å². The average molecular weight is 785 g/mol. The zero-order chi connectivity index (χ0) is 37.6. The summed E-state index contributed by atoms with van der Waals surface area (Å²) in [5.41, 5.74) is 8.66. The highest BCUT2D eigenvalue weighted by atomic mass is 35.5. The van der Waals surface area contributed by atoms with Crippen molar-refractivity contribution in [1.29, 1.82) is 0 Å². The number of ether oxygens (including phenoxy) is 2. The van der Waals surface area contributed by atoms with Crippen LogP contribution in [-0.4, -0.2) is 72.3 Å². The van der Waals surface area contributed by atoms with E-state index < -0.39 is 17.8 Å². The molecule has 0 spiro atoms. The number of amides is 2. The molecule has 0 saturated carbocycles. The fraction of sp³-hybridized carbons (Fsp3) is 0.273. The van der Waals surface area contributed by atoms with Crippen molar-refractivity contribution in [3.05, 3.63) is 103 Å². The fourth-order valence-corrected chi connectivity index (χ4v) is 5.84. The van der Waals surface area contributed by atoms with E-state index >= 15 is 0 Å². The average Bonchev–Trinajstić information content (AvgIpc) is 3.61. The second-order valence-corrected chi connectivity index (χ2v) is 13.0. The monoisotopic (exact) mass is 783 g/mol. The molecule has 272 valence electrons. The summed E-state index contributed by atoms with van der Waals surface area (Å²) in [6.45, 7) is 1.07. The molecule has 0 bridgehead atoms. The van der Waals surface area contributed by atoms with E-state index in [1.807, 2.05) is 0 Å². The molecule has 18 heteroatoms. The number of halogens is 4. The molecule has 1 saturated heterocycles. The number of hydrogen-bond donors (Lipinski definition) is 5. The number of piperidine rings is 1. The van der Waals surface area contributed by atoms with Gasteiger partial charge in [0.15, 0.2) is 17.2 Å². The summed E-state index contributed by atoms with van der Waals surface area (Å²) in [7, 11) is 3.07. The summed E-state index contributed by atoms with van der Waals surface area (Å²) >= 11 is 23.7. The first kappa shape index (κ1) is 39.3. The van der Waals surface area contributed by atoms with Gasteiger partial charge in [-0.3, -0.25) is 14.8 Å². The quantitative estimate of drug-likeness (QED) is 0.0953. The maximum Gasteiger partial charge on any atom is 0.356 e. The van der Waals surface area contributed by atoms with Crippen LogP contribution in [0.3, 0.4) is 0 Å². The molecule has 4 aromatic rings. The standard InChI is InChI=1S/C19H22Cl2N4O4.C14H11Cl2NO5/c1-24-9-13(18(26)23-28)17(29-10-11-2-3-14(20)15(21)8-11)16(24)19(27)25-6-4-12(22)5-7-25;1-17-5-8(13(18)19)12(11(17)14(20)21)22-6-7-2-3-9(15)10(16)4-7/h2-3,8-9,12,28H,4-7,10,22H2,1H3,(H,23,26);2-5H,6H2,1H3,(H,18,19)(H,20,21). The maximum atomic E-state index is 13.1. The molecule has 3 heterocycles. The van der Waals surface area contributed by atoms with Crippen LogP contribution in [0.15, 0.2) is 48.8 Å². The van der Waals surface area contributed by atoms with Gasteiger partial charge in [-0.05, 0) is 48.2 Å². The van der Waals surface area contributed by atoms with Crippen molar-refractivity contribution in [1.82, 2.24) is 19.5 Å². The van der Waals surface area contributed by atoms with Crippen LogP contribution in [0, 0.1) is 0 Å². The minimum atomic E-state index is -1.28. The Morgan fingerprint density at radius 1 is 0.765 bits per heavy atom. The molecule has 2 aromatic heterocycles. The van der Waals surface area contributed by atoms with Gasteiger partial charge in [-0.25, -0.2) is 15.1 Å². The van der Waals surface area contributed by atoms with Crippen molar-refractivity contribution >= 4 is 70.2 Å². The van der Waals surface area contributed by atoms with E-state index in [0.717, 1.165) is 0 Å². The van der Waals surface area contributed by atoms with Crippen LogP contribution in [-0.2, 0) is 27.3 Å². The summed E-state index contributed by atoms with van der Waals surface area (Å²) in [5.74, 6) is -3.70. The number of benzene rings is 2. The van der Waals surface area contributed by atoms with Gasteiger partial charge in [-0.2, -0.15) is 0 Å². The number of likely N-dealkylation sites (tertiary alicyclic amines) is 1. The van der Waals surface area contributed by atoms with Crippen LogP contribution in [0.5, 0.6) is 11.5 Å². The third kappa shape index (κ3) is 9.47. The van der Waals surface area contributed by atoms with E-state index in [1.165, 1.54) is 28.6 Å². The number of hydroxylamine groups is 1. The summed E-state index contributed by atoms with van der Waals surface area (Å²) in [4.78, 5) is 49.4. The predicted molar refractivity (Wildman–Crippen MR) is 189 cm³/mol. The fourth-order valence-electron chi connectivity index (χ4n) is 5.19. The first-order valence-corrected chi connectivity index (χ1v) is 16.6. The van der Waals surface area contributed by atoms with Gasteiger partial charge in [-0.15, -0.1) is 0 Å². The molecular weight excluding hydrogens is 752 g/mol. The Morgan fingerprint density at radius 3 is 1.69 bits per heavy atom. The lowest BCUT2D eigenvalue weighted by Gasteiger charge is -2.30. The number of aromatic nitrogens is 2. The molecule has 5 rings (SSSR count). The highest BCUT2D eigenvalue weighted by Gasteiger charge is 2.31. The SMILES string of the molecule is Cn1cc(C(=O)NO)c(OCc2ccc(Cl)c(Cl)c2)c1C(=O)N1CCC(N)CC1.Cn1cc(C(=O)O)c(OCc2ccc(Cl)c(Cl)c2)c1C(=O)O. The molecule has 0 unspecified atom stereocenters. The molecule has 51 heavy (non-hydrogen) atoms. The number of carbonyl (C=O) groups is 4. The zero-order valence-corrected chi connectivity index (χ0v) is 30.2. The van der Waals surface area contributed by atoms with Gasteiger partial charge < -0.3 is 39.5 Å². The molecule has 1 aliphatic rings. The summed E-state index contributed by atoms with van der Waals surface area (Å²) in [5, 5.41) is 28.9. The van der Waals surface area contributed by atoms with Crippen LogP contribution in [0.2, 0.25) is 20.1 Å². The molecule has 2 amide bonds. The van der Waals surface area contributed by atoms with E-state index in [0.29, 0.717) is 57.1 Å². The van der Waals surface area contributed by atoms with Gasteiger partial charge in [0.2, 0.25) is 0 Å². The predicted octanol–water partition coefficient (Wildman–Crippen LogP) is 5.90. The number of nitrogens with one attached hydrogen (secondary N) is 1. The Labute approximate surface area is 311 Å². The van der Waals surface area contributed by atoms with Gasteiger partial charge in [0.05, 0.1) is 20.1 Å². The smallest absolute Gasteiger partial charge is 0.356 e. The van der Waals surface area contributed by atoms with Crippen molar-refractivity contribution in [2.45, 2.75) is 32.1 Å². The molecule has 14 nitrogen and oxygen atoms in total. The number of hydrogen-bond acceptors (Lipinski definition) is 8. The lowest BCUT2D eigenvalue weighted by molar-refractivity contribution is 0.0673. The van der Waals surface area contributed by atoms with Crippen molar-refractivity contribution < 1.29 is 44.1 Å². The second-order valence-electron chi connectivity index (χ2n) is 11.4. The normalized spacial score (nSPS) is 12.9. The van der Waals surface area contributed by atoms with Crippen molar-refractivity contribution in [3.63, 3.8) is 0 Å². The lowest BCUT2D eigenvalue weighted by atomic mass is 10.1. The van der Waals surface area contributed by atoms with Crippen LogP contribution in [0.25, 0.3) is 0 Å². The van der Waals surface area contributed by atoms with Gasteiger partial charge >= 0.3 is 11.9 Å². The second kappa shape index (κ2) is 17.2. The van der Waals surface area contributed by atoms with Gasteiger partial charge in [0, 0.05) is 45.6 Å². The van der Waals surface area contributed by atoms with Crippen LogP contribution < -0.4 is 20.7 Å². The number of carboxylic acid groups (broad SMARTS) is 2. The molecule has 1 fully saturated rings. The highest BCUT2D eigenvalue weighted by Crippen LogP contribution is 2.31. The number of nitrogens with zero attached hydrogens (tertiary/aromatic N) is 3. The van der Waals surface area contributed by atoms with Crippen LogP contribution in [0.4, 0.5) is 0 Å². The number of carboxylic acids is 2. The van der Waals surface area contributed by atoms with E-state index in [2.05, 4.69) is 0 Å². The van der Waals surface area contributed by atoms with E-state index in [4.69, 9.17) is 71.9 Å². The molecule has 6 N–H and O–H groups in total. The Morgan fingerprint density at radius 2 is 1.24 bits per heavy atom. The summed E-state index contributed by atoms with van der Waals surface area (Å²) in [6.07, 6.45) is 4.05. The molecule has 0 radical (unpaired) electrons. The Hall–Kier alpha value is -4.44. The molecule has 0 atom stereocenters. The van der Waals surface area contributed by atoms with Crippen molar-refractivity contribution in [3.8, 4) is 11.5 Å². The number of nitrogens with two attached hydrogens (primary N) is 1. The number of aromatic carboxylic acids is 2. The lowest BCUT2D eigenvalue weighted by Crippen LogP contribution is -2.43. The third-order valence-corrected chi connectivity index (χ3v) is 9.29. The van der Waals surface area contributed by atoms with E-state index in [9.17, 15) is 24.3 Å². The van der Waals surface area contributed by atoms with Crippen LogP contribution >= 0.6 is 46.4 Å². The van der Waals surface area contributed by atoms with Gasteiger partial charge in [0.1, 0.15) is 30.0 Å². The van der Waals surface area contributed by atoms with Gasteiger partial charge in [0.25, 0.3) is 11.8 Å². The Bertz CT molecular complexity index is 1950.